The zero-order valence-corrected chi connectivity index (χ0v) is 13.0. The van der Waals surface area contributed by atoms with E-state index in [1.165, 1.54) is 0 Å². The Balaban J connectivity index is 1.50. The Kier molecular flexibility index (Phi) is 3.49. The van der Waals surface area contributed by atoms with Crippen molar-refractivity contribution >= 4 is 16.0 Å². The van der Waals surface area contributed by atoms with Gasteiger partial charge in [-0.1, -0.05) is 30.3 Å². The van der Waals surface area contributed by atoms with Gasteiger partial charge in [-0.3, -0.25) is 9.63 Å². The number of hydrogen-bond donors (Lipinski definition) is 1. The Morgan fingerprint density at radius 1 is 1.26 bits per heavy atom. The molecule has 1 saturated heterocycles. The molecule has 2 fully saturated rings. The molecule has 124 valence electrons. The van der Waals surface area contributed by atoms with Crippen LogP contribution in [0.25, 0.3) is 0 Å². The second-order valence-corrected chi connectivity index (χ2v) is 7.88. The SMILES string of the molecule is O=S(C1=NC2[C@@H](F)C[C@@H](c3ccccc3)N2N1)C1CC(F)(F)C1. The molecule has 0 radical (unpaired) electrons. The fraction of sp³-hybridized carbons (Fsp3) is 0.533. The molecule has 1 aromatic rings. The van der Waals surface area contributed by atoms with Gasteiger partial charge in [-0.05, 0) is 5.56 Å². The lowest BCUT2D eigenvalue weighted by Crippen LogP contribution is -2.48. The zero-order chi connectivity index (χ0) is 16.2. The zero-order valence-electron chi connectivity index (χ0n) is 12.2. The highest BCUT2D eigenvalue weighted by Crippen LogP contribution is 2.43. The van der Waals surface area contributed by atoms with Gasteiger partial charge in [-0.25, -0.2) is 18.2 Å². The van der Waals surface area contributed by atoms with Crippen LogP contribution in [-0.4, -0.2) is 37.9 Å². The highest BCUT2D eigenvalue weighted by molar-refractivity contribution is 8.01. The van der Waals surface area contributed by atoms with Crippen molar-refractivity contribution in [3.8, 4) is 0 Å². The molecule has 8 heteroatoms. The van der Waals surface area contributed by atoms with Crippen LogP contribution in [0.5, 0.6) is 0 Å². The molecule has 2 unspecified atom stereocenters. The molecule has 0 spiro atoms. The van der Waals surface area contributed by atoms with Crippen LogP contribution in [0.4, 0.5) is 13.2 Å². The average molecular weight is 343 g/mol. The van der Waals surface area contributed by atoms with Crippen molar-refractivity contribution in [2.24, 2.45) is 4.99 Å². The van der Waals surface area contributed by atoms with Crippen LogP contribution >= 0.6 is 0 Å². The van der Waals surface area contributed by atoms with Gasteiger partial charge in [0.05, 0.1) is 22.1 Å². The molecule has 1 saturated carbocycles. The Labute approximate surface area is 134 Å². The molecule has 0 bridgehead atoms. The highest BCUT2D eigenvalue weighted by atomic mass is 32.2. The van der Waals surface area contributed by atoms with E-state index in [2.05, 4.69) is 10.4 Å². The van der Waals surface area contributed by atoms with Gasteiger partial charge in [-0.2, -0.15) is 5.01 Å². The van der Waals surface area contributed by atoms with Gasteiger partial charge in [0.2, 0.25) is 5.17 Å². The Bertz CT molecular complexity index is 661. The van der Waals surface area contributed by atoms with Gasteiger partial charge in [0.1, 0.15) is 6.17 Å². The summed E-state index contributed by atoms with van der Waals surface area (Å²) in [4.78, 5) is 4.17. The lowest BCUT2D eigenvalue weighted by atomic mass is 9.94. The van der Waals surface area contributed by atoms with Gasteiger partial charge in [-0.15, -0.1) is 0 Å². The van der Waals surface area contributed by atoms with Crippen LogP contribution in [0.3, 0.4) is 0 Å². The number of nitrogens with zero attached hydrogens (tertiary/aromatic N) is 2. The molecule has 4 nitrogen and oxygen atoms in total. The maximum absolute atomic E-state index is 14.3. The summed E-state index contributed by atoms with van der Waals surface area (Å²) >= 11 is 0. The smallest absolute Gasteiger partial charge is 0.250 e. The molecular weight excluding hydrogens is 327 g/mol. The van der Waals surface area contributed by atoms with Crippen LogP contribution in [0.15, 0.2) is 35.3 Å². The van der Waals surface area contributed by atoms with Crippen molar-refractivity contribution in [1.29, 1.82) is 0 Å². The summed E-state index contributed by atoms with van der Waals surface area (Å²) < 4.78 is 52.5. The summed E-state index contributed by atoms with van der Waals surface area (Å²) in [6, 6.07) is 9.24. The lowest BCUT2D eigenvalue weighted by molar-refractivity contribution is -0.0674. The minimum atomic E-state index is -2.73. The number of hydrogen-bond acceptors (Lipinski definition) is 4. The molecule has 1 aliphatic carbocycles. The summed E-state index contributed by atoms with van der Waals surface area (Å²) in [5, 5.41) is 1.17. The van der Waals surface area contributed by atoms with Crippen molar-refractivity contribution in [3.05, 3.63) is 35.9 Å². The summed E-state index contributed by atoms with van der Waals surface area (Å²) in [6.45, 7) is 0. The van der Waals surface area contributed by atoms with Crippen LogP contribution in [0, 0.1) is 0 Å². The van der Waals surface area contributed by atoms with E-state index in [4.69, 9.17) is 0 Å². The molecular formula is C15H16F3N3OS. The van der Waals surface area contributed by atoms with E-state index in [0.717, 1.165) is 5.56 Å². The quantitative estimate of drug-likeness (QED) is 0.897. The molecule has 0 aromatic heterocycles. The summed E-state index contributed by atoms with van der Waals surface area (Å²) in [7, 11) is -1.64. The molecule has 3 aliphatic rings. The Hall–Kier alpha value is -1.41. The van der Waals surface area contributed by atoms with Gasteiger partial charge in [0, 0.05) is 19.3 Å². The van der Waals surface area contributed by atoms with E-state index < -0.39 is 47.2 Å². The molecule has 2 heterocycles. The highest BCUT2D eigenvalue weighted by Gasteiger charge is 2.52. The number of alkyl halides is 3. The largest absolute Gasteiger partial charge is 0.293 e. The fourth-order valence-electron chi connectivity index (χ4n) is 3.34. The third-order valence-corrected chi connectivity index (χ3v) is 6.11. The van der Waals surface area contributed by atoms with Crippen molar-refractivity contribution in [3.63, 3.8) is 0 Å². The topological polar surface area (TPSA) is 44.7 Å². The maximum Gasteiger partial charge on any atom is 0.250 e. The predicted octanol–water partition coefficient (Wildman–Crippen LogP) is 2.52. The first-order chi connectivity index (χ1) is 10.9. The summed E-state index contributed by atoms with van der Waals surface area (Å²) in [5.41, 5.74) is 3.85. The van der Waals surface area contributed by atoms with Crippen molar-refractivity contribution in [2.75, 3.05) is 0 Å². The molecule has 4 rings (SSSR count). The van der Waals surface area contributed by atoms with Gasteiger partial charge in [0.25, 0.3) is 5.92 Å². The van der Waals surface area contributed by atoms with Crippen LogP contribution in [0.2, 0.25) is 0 Å². The normalized spacial score (nSPS) is 34.4. The van der Waals surface area contributed by atoms with Crippen molar-refractivity contribution in [2.45, 2.75) is 48.8 Å². The van der Waals surface area contributed by atoms with E-state index >= 15 is 0 Å². The molecule has 23 heavy (non-hydrogen) atoms. The second kappa shape index (κ2) is 5.31. The van der Waals surface area contributed by atoms with E-state index in [0.29, 0.717) is 6.42 Å². The van der Waals surface area contributed by atoms with Crippen LogP contribution < -0.4 is 5.43 Å². The second-order valence-electron chi connectivity index (χ2n) is 6.23. The predicted molar refractivity (Wildman–Crippen MR) is 81.0 cm³/mol. The number of amidine groups is 1. The number of rotatable bonds is 2. The first kappa shape index (κ1) is 15.1. The molecule has 2 aliphatic heterocycles. The molecule has 1 aromatic carbocycles. The lowest BCUT2D eigenvalue weighted by Gasteiger charge is -2.34. The number of halogens is 3. The van der Waals surface area contributed by atoms with E-state index in [9.17, 15) is 17.4 Å². The third kappa shape index (κ3) is 2.57. The first-order valence-corrected chi connectivity index (χ1v) is 8.76. The van der Waals surface area contributed by atoms with E-state index in [-0.39, 0.29) is 11.2 Å². The van der Waals surface area contributed by atoms with Gasteiger partial charge >= 0.3 is 0 Å². The van der Waals surface area contributed by atoms with Crippen molar-refractivity contribution in [1.82, 2.24) is 10.4 Å². The number of nitrogens with one attached hydrogen (secondary N) is 1. The van der Waals surface area contributed by atoms with Gasteiger partial charge in [0.15, 0.2) is 6.17 Å². The van der Waals surface area contributed by atoms with Crippen molar-refractivity contribution < 1.29 is 17.4 Å². The summed E-state index contributed by atoms with van der Waals surface area (Å²) in [6.07, 6.45) is -2.41. The average Bonchev–Trinajstić information content (AvgIpc) is 3.06. The molecule has 0 amide bonds. The van der Waals surface area contributed by atoms with Gasteiger partial charge < -0.3 is 0 Å². The van der Waals surface area contributed by atoms with Crippen LogP contribution in [0.1, 0.15) is 30.9 Å². The number of aliphatic imine (C=N–C) groups is 1. The third-order valence-electron chi connectivity index (χ3n) is 4.60. The standard InChI is InChI=1S/C15H16F3N3OS/c16-11-6-12(9-4-2-1-3-5-9)21-13(11)19-14(20-21)23(22)10-7-15(17,18)8-10/h1-5,10-13H,6-8H2,(H,19,20)/t11-,12-,13?,23?/m0/s1. The maximum atomic E-state index is 14.3. The summed E-state index contributed by atoms with van der Waals surface area (Å²) in [5.74, 6) is -2.73. The molecule has 4 atom stereocenters. The fourth-order valence-corrected chi connectivity index (χ4v) is 4.85. The number of benzene rings is 1. The Morgan fingerprint density at radius 2 is 1.96 bits per heavy atom. The first-order valence-electron chi connectivity index (χ1n) is 7.55. The molecule has 1 N–H and O–H groups in total. The van der Waals surface area contributed by atoms with Crippen LogP contribution in [-0.2, 0) is 10.8 Å². The monoisotopic (exact) mass is 343 g/mol. The minimum Gasteiger partial charge on any atom is -0.293 e. The number of hydrazine groups is 1. The van der Waals surface area contributed by atoms with E-state index in [1.54, 1.807) is 5.01 Å². The minimum absolute atomic E-state index is 0.124. The Morgan fingerprint density at radius 3 is 2.61 bits per heavy atom. The van der Waals surface area contributed by atoms with E-state index in [1.807, 2.05) is 30.3 Å². The number of fused-ring (bicyclic) bond motifs is 1.